The van der Waals surface area contributed by atoms with Gasteiger partial charge in [-0.3, -0.25) is 0 Å². The first-order valence-electron chi connectivity index (χ1n) is 9.01. The van der Waals surface area contributed by atoms with Crippen LogP contribution < -0.4 is 20.3 Å². The quantitative estimate of drug-likeness (QED) is 0.578. The summed E-state index contributed by atoms with van der Waals surface area (Å²) >= 11 is 11.6. The van der Waals surface area contributed by atoms with E-state index in [1.165, 1.54) is 6.42 Å². The summed E-state index contributed by atoms with van der Waals surface area (Å²) in [6.45, 7) is 4.81. The Labute approximate surface area is 170 Å². The van der Waals surface area contributed by atoms with Crippen LogP contribution in [0.25, 0.3) is 0 Å². The van der Waals surface area contributed by atoms with Crippen molar-refractivity contribution in [3.05, 3.63) is 41.0 Å². The third-order valence-electron chi connectivity index (χ3n) is 4.50. The molecule has 2 N–H and O–H groups in total. The SMILES string of the molecule is COc1ccc(CNC(=S)Nc2nc(Cl)cc(N3CCC[C@H](C)C3)n2)cc1. The topological polar surface area (TPSA) is 62.3 Å². The van der Waals surface area contributed by atoms with Crippen LogP contribution in [0.2, 0.25) is 5.15 Å². The number of anilines is 2. The second-order valence-electron chi connectivity index (χ2n) is 6.72. The second-order valence-corrected chi connectivity index (χ2v) is 7.52. The number of hydrogen-bond donors (Lipinski definition) is 2. The largest absolute Gasteiger partial charge is 0.497 e. The summed E-state index contributed by atoms with van der Waals surface area (Å²) in [7, 11) is 1.65. The van der Waals surface area contributed by atoms with Crippen LogP contribution in [0.3, 0.4) is 0 Å². The summed E-state index contributed by atoms with van der Waals surface area (Å²) in [6.07, 6.45) is 2.41. The maximum Gasteiger partial charge on any atom is 0.232 e. The molecular weight excluding hydrogens is 382 g/mol. The van der Waals surface area contributed by atoms with E-state index in [2.05, 4.69) is 32.4 Å². The number of hydrogen-bond acceptors (Lipinski definition) is 5. The average molecular weight is 406 g/mol. The van der Waals surface area contributed by atoms with E-state index >= 15 is 0 Å². The molecule has 27 heavy (non-hydrogen) atoms. The summed E-state index contributed by atoms with van der Waals surface area (Å²) in [5.41, 5.74) is 1.09. The van der Waals surface area contributed by atoms with Gasteiger partial charge in [-0.1, -0.05) is 30.7 Å². The summed E-state index contributed by atoms with van der Waals surface area (Å²) in [5, 5.41) is 7.03. The van der Waals surface area contributed by atoms with E-state index in [0.717, 1.165) is 36.6 Å². The average Bonchev–Trinajstić information content (AvgIpc) is 2.66. The highest BCUT2D eigenvalue weighted by molar-refractivity contribution is 7.80. The molecule has 0 amide bonds. The Morgan fingerprint density at radius 1 is 1.33 bits per heavy atom. The maximum atomic E-state index is 6.20. The molecule has 1 atom stereocenters. The molecule has 1 aliphatic rings. The van der Waals surface area contributed by atoms with Crippen LogP contribution in [0, 0.1) is 5.92 Å². The first kappa shape index (κ1) is 19.6. The molecule has 1 fully saturated rings. The lowest BCUT2D eigenvalue weighted by atomic mass is 10.0. The molecule has 0 saturated carbocycles. The maximum absolute atomic E-state index is 6.20. The van der Waals surface area contributed by atoms with Crippen LogP contribution in [0.15, 0.2) is 30.3 Å². The number of benzene rings is 1. The van der Waals surface area contributed by atoms with Crippen molar-refractivity contribution in [1.82, 2.24) is 15.3 Å². The fourth-order valence-corrected chi connectivity index (χ4v) is 3.43. The smallest absolute Gasteiger partial charge is 0.232 e. The number of nitrogens with one attached hydrogen (secondary N) is 2. The van der Waals surface area contributed by atoms with Gasteiger partial charge >= 0.3 is 0 Å². The fourth-order valence-electron chi connectivity index (χ4n) is 3.09. The van der Waals surface area contributed by atoms with Crippen molar-refractivity contribution in [1.29, 1.82) is 0 Å². The third-order valence-corrected chi connectivity index (χ3v) is 4.94. The zero-order valence-corrected chi connectivity index (χ0v) is 17.1. The molecule has 0 unspecified atom stereocenters. The number of halogens is 1. The van der Waals surface area contributed by atoms with Crippen LogP contribution in [0.1, 0.15) is 25.3 Å². The number of methoxy groups -OCH3 is 1. The number of piperidine rings is 1. The van der Waals surface area contributed by atoms with Crippen molar-refractivity contribution in [3.63, 3.8) is 0 Å². The van der Waals surface area contributed by atoms with Crippen LogP contribution in [0.5, 0.6) is 5.75 Å². The molecule has 2 heterocycles. The van der Waals surface area contributed by atoms with Gasteiger partial charge in [0.05, 0.1) is 7.11 Å². The number of thiocarbonyl (C=S) groups is 1. The highest BCUT2D eigenvalue weighted by Crippen LogP contribution is 2.24. The van der Waals surface area contributed by atoms with E-state index in [4.69, 9.17) is 28.6 Å². The lowest BCUT2D eigenvalue weighted by molar-refractivity contribution is 0.414. The van der Waals surface area contributed by atoms with Gasteiger partial charge in [0.2, 0.25) is 5.95 Å². The number of aromatic nitrogens is 2. The van der Waals surface area contributed by atoms with E-state index in [1.807, 2.05) is 24.3 Å². The van der Waals surface area contributed by atoms with E-state index in [0.29, 0.717) is 28.7 Å². The summed E-state index contributed by atoms with van der Waals surface area (Å²) < 4.78 is 5.16. The molecule has 0 spiro atoms. The molecule has 2 aromatic rings. The molecule has 0 aliphatic carbocycles. The van der Waals surface area contributed by atoms with E-state index < -0.39 is 0 Å². The zero-order valence-electron chi connectivity index (χ0n) is 15.5. The van der Waals surface area contributed by atoms with Crippen molar-refractivity contribution in [2.45, 2.75) is 26.3 Å². The van der Waals surface area contributed by atoms with Crippen molar-refractivity contribution < 1.29 is 4.74 Å². The van der Waals surface area contributed by atoms with Crippen LogP contribution >= 0.6 is 23.8 Å². The molecule has 6 nitrogen and oxygen atoms in total. The summed E-state index contributed by atoms with van der Waals surface area (Å²) in [6, 6.07) is 9.61. The first-order chi connectivity index (χ1) is 13.0. The van der Waals surface area contributed by atoms with Gasteiger partial charge in [0.25, 0.3) is 0 Å². The van der Waals surface area contributed by atoms with Crippen molar-refractivity contribution >= 4 is 40.7 Å². The monoisotopic (exact) mass is 405 g/mol. The number of ether oxygens (including phenoxy) is 1. The van der Waals surface area contributed by atoms with Crippen molar-refractivity contribution in [2.24, 2.45) is 5.92 Å². The Balaban J connectivity index is 1.59. The van der Waals surface area contributed by atoms with Gasteiger partial charge in [-0.15, -0.1) is 0 Å². The number of nitrogens with zero attached hydrogens (tertiary/aromatic N) is 3. The van der Waals surface area contributed by atoms with E-state index in [9.17, 15) is 0 Å². The Morgan fingerprint density at radius 2 is 2.11 bits per heavy atom. The minimum atomic E-state index is 0.402. The van der Waals surface area contributed by atoms with Crippen LogP contribution in [-0.2, 0) is 6.54 Å². The molecule has 1 saturated heterocycles. The van der Waals surface area contributed by atoms with Crippen molar-refractivity contribution in [2.75, 3.05) is 30.4 Å². The molecule has 144 valence electrons. The molecular formula is C19H24ClN5OS. The lowest BCUT2D eigenvalue weighted by Gasteiger charge is -2.32. The lowest BCUT2D eigenvalue weighted by Crippen LogP contribution is -2.35. The highest BCUT2D eigenvalue weighted by Gasteiger charge is 2.19. The minimum absolute atomic E-state index is 0.402. The number of rotatable bonds is 5. The highest BCUT2D eigenvalue weighted by atomic mass is 35.5. The van der Waals surface area contributed by atoms with Gasteiger partial charge in [0.1, 0.15) is 16.7 Å². The zero-order chi connectivity index (χ0) is 19.2. The molecule has 3 rings (SSSR count). The van der Waals surface area contributed by atoms with E-state index in [1.54, 1.807) is 13.2 Å². The summed E-state index contributed by atoms with van der Waals surface area (Å²) in [5.74, 6) is 2.72. The predicted molar refractivity (Wildman–Crippen MR) is 114 cm³/mol. The second kappa shape index (κ2) is 9.19. The van der Waals surface area contributed by atoms with Gasteiger partial charge in [0, 0.05) is 25.7 Å². The van der Waals surface area contributed by atoms with Gasteiger partial charge in [-0.25, -0.2) is 4.98 Å². The molecule has 8 heteroatoms. The molecule has 1 aliphatic heterocycles. The molecule has 0 radical (unpaired) electrons. The fraction of sp³-hybridized carbons (Fsp3) is 0.421. The summed E-state index contributed by atoms with van der Waals surface area (Å²) in [4.78, 5) is 11.1. The molecule has 0 bridgehead atoms. The van der Waals surface area contributed by atoms with Crippen molar-refractivity contribution in [3.8, 4) is 5.75 Å². The van der Waals surface area contributed by atoms with Gasteiger partial charge in [-0.2, -0.15) is 4.98 Å². The molecule has 1 aromatic heterocycles. The van der Waals surface area contributed by atoms with Gasteiger partial charge in [-0.05, 0) is 48.7 Å². The standard InChI is InChI=1S/C19H24ClN5OS/c1-13-4-3-9-25(12-13)17-10-16(20)22-18(23-17)24-19(27)21-11-14-5-7-15(26-2)8-6-14/h5-8,10,13H,3-4,9,11-12H2,1-2H3,(H2,21,22,23,24,27)/t13-/m0/s1. The van der Waals surface area contributed by atoms with Gasteiger partial charge < -0.3 is 20.3 Å². The minimum Gasteiger partial charge on any atom is -0.497 e. The van der Waals surface area contributed by atoms with E-state index in [-0.39, 0.29) is 0 Å². The Morgan fingerprint density at radius 3 is 2.81 bits per heavy atom. The Bertz CT molecular complexity index is 786. The Kier molecular flexibility index (Phi) is 6.68. The molecule has 1 aromatic carbocycles. The first-order valence-corrected chi connectivity index (χ1v) is 9.79. The van der Waals surface area contributed by atoms with Gasteiger partial charge in [0.15, 0.2) is 5.11 Å². The third kappa shape index (κ3) is 5.68. The van der Waals surface area contributed by atoms with Crippen LogP contribution in [-0.4, -0.2) is 35.3 Å². The van der Waals surface area contributed by atoms with Crippen LogP contribution in [0.4, 0.5) is 11.8 Å². The predicted octanol–water partition coefficient (Wildman–Crippen LogP) is 3.86. The normalized spacial score (nSPS) is 16.7. The Hall–Kier alpha value is -2.12.